The summed E-state index contributed by atoms with van der Waals surface area (Å²) in [4.78, 5) is 11.4. The van der Waals surface area contributed by atoms with E-state index in [-0.39, 0.29) is 5.78 Å². The van der Waals surface area contributed by atoms with Gasteiger partial charge in [-0.1, -0.05) is 49.9 Å². The van der Waals surface area contributed by atoms with E-state index in [1.165, 1.54) is 31.2 Å². The average Bonchev–Trinajstić information content (AvgIpc) is 2.71. The van der Waals surface area contributed by atoms with Crippen molar-refractivity contribution in [2.45, 2.75) is 39.0 Å². The molecule has 0 N–H and O–H groups in total. The standard InChI is InChI=1S/C14H18O/c1-11(15)14-9-5-4-8-13(14)10-12-6-2-3-7-12/h4-5,8-9,12H,2-3,6-7,10H2,1H3. The first-order chi connectivity index (χ1) is 7.27. The normalized spacial score (nSPS) is 16.9. The van der Waals surface area contributed by atoms with Gasteiger partial charge in [0.1, 0.15) is 0 Å². The molecular weight excluding hydrogens is 184 g/mol. The van der Waals surface area contributed by atoms with Crippen LogP contribution in [-0.2, 0) is 6.42 Å². The van der Waals surface area contributed by atoms with Gasteiger partial charge in [0.2, 0.25) is 0 Å². The fourth-order valence-corrected chi connectivity index (χ4v) is 2.57. The molecule has 0 bridgehead atoms. The Bertz CT molecular complexity index is 348. The van der Waals surface area contributed by atoms with E-state index in [1.54, 1.807) is 6.92 Å². The topological polar surface area (TPSA) is 17.1 Å². The molecule has 80 valence electrons. The molecule has 0 saturated heterocycles. The van der Waals surface area contributed by atoms with Crippen LogP contribution in [0.5, 0.6) is 0 Å². The quantitative estimate of drug-likeness (QED) is 0.684. The van der Waals surface area contributed by atoms with E-state index in [2.05, 4.69) is 6.07 Å². The van der Waals surface area contributed by atoms with Crippen molar-refractivity contribution < 1.29 is 4.79 Å². The number of hydrogen-bond donors (Lipinski definition) is 0. The second-order valence-electron chi connectivity index (χ2n) is 4.57. The first-order valence-electron chi connectivity index (χ1n) is 5.86. The second-order valence-corrected chi connectivity index (χ2v) is 4.57. The zero-order chi connectivity index (χ0) is 10.7. The number of rotatable bonds is 3. The van der Waals surface area contributed by atoms with Crippen LogP contribution in [0.4, 0.5) is 0 Å². The van der Waals surface area contributed by atoms with E-state index in [4.69, 9.17) is 0 Å². The summed E-state index contributed by atoms with van der Waals surface area (Å²) < 4.78 is 0. The van der Waals surface area contributed by atoms with Crippen LogP contribution in [0.3, 0.4) is 0 Å². The van der Waals surface area contributed by atoms with Crippen LogP contribution in [0.2, 0.25) is 0 Å². The Labute approximate surface area is 91.5 Å². The Hall–Kier alpha value is -1.11. The maximum Gasteiger partial charge on any atom is 0.160 e. The lowest BCUT2D eigenvalue weighted by Crippen LogP contribution is -2.04. The summed E-state index contributed by atoms with van der Waals surface area (Å²) in [7, 11) is 0. The molecule has 0 unspecified atom stereocenters. The molecule has 1 aromatic rings. The molecule has 0 spiro atoms. The van der Waals surface area contributed by atoms with E-state index < -0.39 is 0 Å². The summed E-state index contributed by atoms with van der Waals surface area (Å²) in [5.74, 6) is 1.01. The maximum absolute atomic E-state index is 11.4. The third kappa shape index (κ3) is 2.47. The van der Waals surface area contributed by atoms with Gasteiger partial charge in [-0.05, 0) is 24.8 Å². The molecule has 1 aliphatic rings. The maximum atomic E-state index is 11.4. The molecule has 0 heterocycles. The Morgan fingerprint density at radius 1 is 1.27 bits per heavy atom. The minimum Gasteiger partial charge on any atom is -0.295 e. The van der Waals surface area contributed by atoms with Gasteiger partial charge in [-0.25, -0.2) is 0 Å². The number of Topliss-reactive ketones (excluding diaryl/α,β-unsaturated/α-hetero) is 1. The van der Waals surface area contributed by atoms with Gasteiger partial charge in [-0.3, -0.25) is 4.79 Å². The highest BCUT2D eigenvalue weighted by atomic mass is 16.1. The number of carbonyl (C=O) groups excluding carboxylic acids is 1. The van der Waals surface area contributed by atoms with Crippen LogP contribution in [0.1, 0.15) is 48.5 Å². The van der Waals surface area contributed by atoms with Gasteiger partial charge in [0, 0.05) is 5.56 Å². The SMILES string of the molecule is CC(=O)c1ccccc1CC1CCCC1. The third-order valence-electron chi connectivity index (χ3n) is 3.38. The Balaban J connectivity index is 2.15. The van der Waals surface area contributed by atoms with Crippen LogP contribution < -0.4 is 0 Å². The highest BCUT2D eigenvalue weighted by Crippen LogP contribution is 2.28. The zero-order valence-electron chi connectivity index (χ0n) is 9.33. The predicted octanol–water partition coefficient (Wildman–Crippen LogP) is 3.62. The Kier molecular flexibility index (Phi) is 3.20. The van der Waals surface area contributed by atoms with Crippen molar-refractivity contribution in [3.63, 3.8) is 0 Å². The fraction of sp³-hybridized carbons (Fsp3) is 0.500. The molecule has 1 fully saturated rings. The molecule has 1 aromatic carbocycles. The molecule has 1 nitrogen and oxygen atoms in total. The van der Waals surface area contributed by atoms with E-state index >= 15 is 0 Å². The summed E-state index contributed by atoms with van der Waals surface area (Å²) >= 11 is 0. The summed E-state index contributed by atoms with van der Waals surface area (Å²) in [5, 5.41) is 0. The van der Waals surface area contributed by atoms with Crippen molar-refractivity contribution in [3.05, 3.63) is 35.4 Å². The first kappa shape index (κ1) is 10.4. The minimum atomic E-state index is 0.198. The van der Waals surface area contributed by atoms with E-state index in [0.29, 0.717) is 0 Å². The van der Waals surface area contributed by atoms with Crippen molar-refractivity contribution in [1.82, 2.24) is 0 Å². The van der Waals surface area contributed by atoms with Crippen molar-refractivity contribution in [2.24, 2.45) is 5.92 Å². The molecule has 0 aliphatic heterocycles. The van der Waals surface area contributed by atoms with Crippen molar-refractivity contribution in [1.29, 1.82) is 0 Å². The molecule has 15 heavy (non-hydrogen) atoms. The Morgan fingerprint density at radius 3 is 2.60 bits per heavy atom. The molecule has 2 rings (SSSR count). The van der Waals surface area contributed by atoms with Crippen molar-refractivity contribution in [3.8, 4) is 0 Å². The number of benzene rings is 1. The Morgan fingerprint density at radius 2 is 1.93 bits per heavy atom. The molecule has 1 aliphatic carbocycles. The zero-order valence-corrected chi connectivity index (χ0v) is 9.33. The lowest BCUT2D eigenvalue weighted by molar-refractivity contribution is 0.101. The monoisotopic (exact) mass is 202 g/mol. The van der Waals surface area contributed by atoms with Crippen molar-refractivity contribution in [2.75, 3.05) is 0 Å². The lowest BCUT2D eigenvalue weighted by atomic mass is 9.93. The van der Waals surface area contributed by atoms with Crippen molar-refractivity contribution >= 4 is 5.78 Å². The van der Waals surface area contributed by atoms with Gasteiger partial charge in [0.25, 0.3) is 0 Å². The smallest absolute Gasteiger partial charge is 0.160 e. The van der Waals surface area contributed by atoms with E-state index in [1.807, 2.05) is 18.2 Å². The third-order valence-corrected chi connectivity index (χ3v) is 3.38. The molecule has 1 heteroatoms. The van der Waals surface area contributed by atoms with Gasteiger partial charge in [-0.15, -0.1) is 0 Å². The van der Waals surface area contributed by atoms with E-state index in [9.17, 15) is 4.79 Å². The molecule has 1 saturated carbocycles. The van der Waals surface area contributed by atoms with Gasteiger partial charge in [0.15, 0.2) is 5.78 Å². The minimum absolute atomic E-state index is 0.198. The van der Waals surface area contributed by atoms with Crippen LogP contribution >= 0.6 is 0 Å². The summed E-state index contributed by atoms with van der Waals surface area (Å²) in [6.07, 6.45) is 6.51. The predicted molar refractivity (Wildman–Crippen MR) is 62.1 cm³/mol. The summed E-state index contributed by atoms with van der Waals surface area (Å²) in [6.45, 7) is 1.66. The number of hydrogen-bond acceptors (Lipinski definition) is 1. The molecule has 0 amide bonds. The highest BCUT2D eigenvalue weighted by Gasteiger charge is 2.17. The van der Waals surface area contributed by atoms with Gasteiger partial charge < -0.3 is 0 Å². The van der Waals surface area contributed by atoms with Crippen LogP contribution in [0, 0.1) is 5.92 Å². The molecule has 0 atom stereocenters. The first-order valence-corrected chi connectivity index (χ1v) is 5.86. The average molecular weight is 202 g/mol. The molecular formula is C14H18O. The van der Waals surface area contributed by atoms with Crippen LogP contribution in [-0.4, -0.2) is 5.78 Å². The molecule has 0 radical (unpaired) electrons. The van der Waals surface area contributed by atoms with Gasteiger partial charge in [0.05, 0.1) is 0 Å². The van der Waals surface area contributed by atoms with Crippen LogP contribution in [0.15, 0.2) is 24.3 Å². The second kappa shape index (κ2) is 4.61. The highest BCUT2D eigenvalue weighted by molar-refractivity contribution is 5.95. The largest absolute Gasteiger partial charge is 0.295 e. The number of carbonyl (C=O) groups is 1. The van der Waals surface area contributed by atoms with Gasteiger partial charge in [-0.2, -0.15) is 0 Å². The van der Waals surface area contributed by atoms with Gasteiger partial charge >= 0.3 is 0 Å². The summed E-state index contributed by atoms with van der Waals surface area (Å²) in [6, 6.07) is 8.05. The summed E-state index contributed by atoms with van der Waals surface area (Å²) in [5.41, 5.74) is 2.17. The molecule has 0 aromatic heterocycles. The van der Waals surface area contributed by atoms with Crippen LogP contribution in [0.25, 0.3) is 0 Å². The fourth-order valence-electron chi connectivity index (χ4n) is 2.57. The van der Waals surface area contributed by atoms with E-state index in [0.717, 1.165) is 17.9 Å². The number of ketones is 1. The lowest BCUT2D eigenvalue weighted by Gasteiger charge is -2.11.